The first kappa shape index (κ1) is 15.9. The Morgan fingerprint density at radius 3 is 2.89 bits per heavy atom. The molecular weight excluding hydrogens is 340 g/mol. The number of rotatable bonds is 4. The Labute approximate surface area is 156 Å². The largest absolute Gasteiger partial charge is 0.456 e. The molecule has 1 aliphatic rings. The van der Waals surface area contributed by atoms with Crippen LogP contribution in [-0.4, -0.2) is 20.7 Å². The molecule has 27 heavy (non-hydrogen) atoms. The van der Waals surface area contributed by atoms with Crippen LogP contribution in [0.3, 0.4) is 0 Å². The van der Waals surface area contributed by atoms with Gasteiger partial charge in [-0.1, -0.05) is 18.2 Å². The zero-order valence-electron chi connectivity index (χ0n) is 15.2. The van der Waals surface area contributed by atoms with Gasteiger partial charge in [0.25, 0.3) is 5.91 Å². The van der Waals surface area contributed by atoms with Crippen LogP contribution in [0.4, 0.5) is 5.82 Å². The molecule has 1 aliphatic carbocycles. The maximum absolute atomic E-state index is 12.7. The number of carbonyl (C=O) groups excluding carboxylic acids is 1. The Hall–Kier alpha value is -3.28. The van der Waals surface area contributed by atoms with Gasteiger partial charge in [0.2, 0.25) is 0 Å². The normalized spacial score (nSPS) is 14.0. The molecule has 3 heterocycles. The topological polar surface area (TPSA) is 75.8 Å². The summed E-state index contributed by atoms with van der Waals surface area (Å²) in [6, 6.07) is 11.7. The molecule has 0 bridgehead atoms. The summed E-state index contributed by atoms with van der Waals surface area (Å²) < 4.78 is 7.84. The fourth-order valence-electron chi connectivity index (χ4n) is 3.55. The molecule has 0 radical (unpaired) electrons. The third-order valence-corrected chi connectivity index (χ3v) is 5.20. The van der Waals surface area contributed by atoms with E-state index in [4.69, 9.17) is 4.42 Å². The minimum Gasteiger partial charge on any atom is -0.456 e. The maximum Gasteiger partial charge on any atom is 0.273 e. The Balaban J connectivity index is 1.44. The number of anilines is 1. The third kappa shape index (κ3) is 2.73. The number of nitrogens with one attached hydrogen (secondary N) is 2. The van der Waals surface area contributed by atoms with E-state index in [9.17, 15) is 4.79 Å². The summed E-state index contributed by atoms with van der Waals surface area (Å²) in [5.41, 5.74) is 4.46. The molecule has 136 valence electrons. The van der Waals surface area contributed by atoms with Gasteiger partial charge in [0.1, 0.15) is 17.0 Å². The number of furan rings is 1. The van der Waals surface area contributed by atoms with Gasteiger partial charge in [0.15, 0.2) is 5.82 Å². The van der Waals surface area contributed by atoms with Crippen LogP contribution >= 0.6 is 0 Å². The van der Waals surface area contributed by atoms with Crippen molar-refractivity contribution in [1.82, 2.24) is 14.8 Å². The second kappa shape index (κ2) is 5.87. The molecule has 5 rings (SSSR count). The van der Waals surface area contributed by atoms with Gasteiger partial charge in [-0.05, 0) is 31.9 Å². The van der Waals surface area contributed by atoms with Gasteiger partial charge >= 0.3 is 0 Å². The average Bonchev–Trinajstić information content (AvgIpc) is 3.14. The lowest BCUT2D eigenvalue weighted by molar-refractivity contribution is 0.101. The van der Waals surface area contributed by atoms with Crippen molar-refractivity contribution in [3.05, 3.63) is 59.5 Å². The number of para-hydroxylation sites is 1. The first-order valence-corrected chi connectivity index (χ1v) is 9.11. The number of aryl methyl sites for hydroxylation is 2. The molecule has 6 heteroatoms. The molecule has 0 saturated heterocycles. The van der Waals surface area contributed by atoms with Gasteiger partial charge in [0.05, 0.1) is 0 Å². The van der Waals surface area contributed by atoms with Crippen molar-refractivity contribution in [3.63, 3.8) is 0 Å². The van der Waals surface area contributed by atoms with Crippen molar-refractivity contribution in [2.24, 2.45) is 7.05 Å². The fraction of sp³-hybridized carbons (Fsp3) is 0.238. The van der Waals surface area contributed by atoms with Crippen molar-refractivity contribution in [2.45, 2.75) is 25.7 Å². The van der Waals surface area contributed by atoms with E-state index in [2.05, 4.69) is 15.5 Å². The highest BCUT2D eigenvalue weighted by Gasteiger charge is 2.26. The maximum atomic E-state index is 12.7. The van der Waals surface area contributed by atoms with E-state index in [0.29, 0.717) is 17.4 Å². The molecule has 0 aliphatic heterocycles. The zero-order valence-corrected chi connectivity index (χ0v) is 15.2. The summed E-state index contributed by atoms with van der Waals surface area (Å²) in [6.45, 7) is 2.04. The van der Waals surface area contributed by atoms with Gasteiger partial charge in [-0.2, -0.15) is 5.10 Å². The summed E-state index contributed by atoms with van der Waals surface area (Å²) in [5.74, 6) is 1.73. The number of aromatic nitrogens is 3. The van der Waals surface area contributed by atoms with Gasteiger partial charge in [-0.3, -0.25) is 9.89 Å². The van der Waals surface area contributed by atoms with E-state index in [1.54, 1.807) is 0 Å². The number of nitrogens with zero attached hydrogens (tertiary/aromatic N) is 2. The summed E-state index contributed by atoms with van der Waals surface area (Å²) in [5, 5.41) is 11.2. The van der Waals surface area contributed by atoms with Crippen LogP contribution in [0.2, 0.25) is 0 Å². The number of carbonyl (C=O) groups is 1. The Kier molecular flexibility index (Phi) is 3.47. The first-order chi connectivity index (χ1) is 13.1. The summed E-state index contributed by atoms with van der Waals surface area (Å²) in [4.78, 5) is 12.7. The lowest BCUT2D eigenvalue weighted by atomic mass is 10.1. The number of amides is 1. The lowest BCUT2D eigenvalue weighted by Crippen LogP contribution is -2.15. The Morgan fingerprint density at radius 1 is 1.30 bits per heavy atom. The number of benzene rings is 1. The van der Waals surface area contributed by atoms with Crippen molar-refractivity contribution in [2.75, 3.05) is 5.32 Å². The smallest absolute Gasteiger partial charge is 0.273 e. The van der Waals surface area contributed by atoms with Crippen molar-refractivity contribution < 1.29 is 9.21 Å². The SMILES string of the molecule is Cc1c(-c2cc(C(=O)Nc3cc(C4CC4)[nH]n3)n(C)c2)oc2ccccc12. The van der Waals surface area contributed by atoms with Crippen molar-refractivity contribution in [1.29, 1.82) is 0 Å². The minimum absolute atomic E-state index is 0.189. The standard InChI is InChI=1S/C21H20N4O2/c1-12-15-5-3-4-6-18(15)27-20(12)14-9-17(25(2)11-14)21(26)22-19-10-16(23-24-19)13-7-8-13/h3-6,9-11,13H,7-8H2,1-2H3,(H2,22,23,24,26). The number of aromatic amines is 1. The second-order valence-electron chi connectivity index (χ2n) is 7.21. The van der Waals surface area contributed by atoms with Gasteiger partial charge in [-0.15, -0.1) is 0 Å². The zero-order chi connectivity index (χ0) is 18.5. The van der Waals surface area contributed by atoms with Crippen LogP contribution in [0.25, 0.3) is 22.3 Å². The van der Waals surface area contributed by atoms with Crippen molar-refractivity contribution in [3.8, 4) is 11.3 Å². The second-order valence-corrected chi connectivity index (χ2v) is 7.21. The Morgan fingerprint density at radius 2 is 2.11 bits per heavy atom. The molecule has 2 N–H and O–H groups in total. The molecule has 0 unspecified atom stereocenters. The van der Waals surface area contributed by atoms with E-state index < -0.39 is 0 Å². The minimum atomic E-state index is -0.189. The molecule has 3 aromatic heterocycles. The molecule has 1 fully saturated rings. The summed E-state index contributed by atoms with van der Waals surface area (Å²) in [6.07, 6.45) is 4.29. The molecule has 0 atom stereocenters. The van der Waals surface area contributed by atoms with Crippen LogP contribution in [0.15, 0.2) is 47.0 Å². The Bertz CT molecular complexity index is 1160. The third-order valence-electron chi connectivity index (χ3n) is 5.20. The quantitative estimate of drug-likeness (QED) is 0.558. The molecule has 4 aromatic rings. The summed E-state index contributed by atoms with van der Waals surface area (Å²) in [7, 11) is 1.86. The number of hydrogen-bond acceptors (Lipinski definition) is 3. The highest BCUT2D eigenvalue weighted by molar-refractivity contribution is 6.03. The van der Waals surface area contributed by atoms with Crippen LogP contribution < -0.4 is 5.32 Å². The van der Waals surface area contributed by atoms with Gasteiger partial charge in [-0.25, -0.2) is 0 Å². The molecule has 6 nitrogen and oxygen atoms in total. The lowest BCUT2D eigenvalue weighted by Gasteiger charge is -2.02. The predicted molar refractivity (Wildman–Crippen MR) is 104 cm³/mol. The van der Waals surface area contributed by atoms with Crippen molar-refractivity contribution >= 4 is 22.7 Å². The molecule has 0 spiro atoms. The molecule has 1 saturated carbocycles. The van der Waals surface area contributed by atoms with E-state index in [-0.39, 0.29) is 5.91 Å². The number of H-pyrrole nitrogens is 1. The highest BCUT2D eigenvalue weighted by Crippen LogP contribution is 2.39. The van der Waals surface area contributed by atoms with Crippen LogP contribution in [0.1, 0.15) is 40.5 Å². The monoisotopic (exact) mass is 360 g/mol. The number of hydrogen-bond donors (Lipinski definition) is 2. The molecular formula is C21H20N4O2. The highest BCUT2D eigenvalue weighted by atomic mass is 16.3. The molecule has 1 aromatic carbocycles. The first-order valence-electron chi connectivity index (χ1n) is 9.11. The van der Waals surface area contributed by atoms with E-state index in [1.165, 1.54) is 12.8 Å². The van der Waals surface area contributed by atoms with Gasteiger partial charge in [0, 0.05) is 47.4 Å². The van der Waals surface area contributed by atoms with Crippen LogP contribution in [0, 0.1) is 6.92 Å². The van der Waals surface area contributed by atoms with E-state index in [0.717, 1.165) is 33.6 Å². The molecule has 1 amide bonds. The summed E-state index contributed by atoms with van der Waals surface area (Å²) >= 11 is 0. The predicted octanol–water partition coefficient (Wildman–Crippen LogP) is 4.60. The van der Waals surface area contributed by atoms with Gasteiger partial charge < -0.3 is 14.3 Å². The van der Waals surface area contributed by atoms with E-state index in [1.807, 2.05) is 61.1 Å². The average molecular weight is 360 g/mol. The van der Waals surface area contributed by atoms with E-state index >= 15 is 0 Å². The fourth-order valence-corrected chi connectivity index (χ4v) is 3.55. The van der Waals surface area contributed by atoms with Crippen LogP contribution in [0.5, 0.6) is 0 Å². The number of fused-ring (bicyclic) bond motifs is 1. The van der Waals surface area contributed by atoms with Crippen LogP contribution in [-0.2, 0) is 7.05 Å².